The van der Waals surface area contributed by atoms with Crippen LogP contribution in [0.3, 0.4) is 0 Å². The van der Waals surface area contributed by atoms with Crippen LogP contribution in [0.4, 0.5) is 0 Å². The standard InChI is InChI=1S/C10H21NO3S/c1-9(2)15(12,13)5-4-11-6-10(3)7-14-8-10/h9,11H,4-8H2,1-3H3. The highest BCUT2D eigenvalue weighted by molar-refractivity contribution is 7.92. The first kappa shape index (κ1) is 12.9. The predicted octanol–water partition coefficient (Wildman–Crippen LogP) is 0.436. The van der Waals surface area contributed by atoms with Gasteiger partial charge in [0.25, 0.3) is 0 Å². The Hall–Kier alpha value is -0.130. The third-order valence-corrected chi connectivity index (χ3v) is 4.94. The smallest absolute Gasteiger partial charge is 0.153 e. The molecule has 0 atom stereocenters. The number of sulfone groups is 1. The van der Waals surface area contributed by atoms with Crippen molar-refractivity contribution in [2.75, 3.05) is 32.1 Å². The summed E-state index contributed by atoms with van der Waals surface area (Å²) in [5, 5.41) is 2.90. The van der Waals surface area contributed by atoms with Crippen molar-refractivity contribution in [1.29, 1.82) is 0 Å². The lowest BCUT2D eigenvalue weighted by atomic mass is 9.89. The van der Waals surface area contributed by atoms with E-state index in [2.05, 4.69) is 12.2 Å². The molecule has 0 spiro atoms. The van der Waals surface area contributed by atoms with Gasteiger partial charge in [-0.05, 0) is 13.8 Å². The molecule has 15 heavy (non-hydrogen) atoms. The Labute approximate surface area is 92.3 Å². The van der Waals surface area contributed by atoms with Crippen molar-refractivity contribution >= 4 is 9.84 Å². The molecule has 1 saturated heterocycles. The van der Waals surface area contributed by atoms with E-state index in [1.54, 1.807) is 13.8 Å². The molecule has 0 aliphatic carbocycles. The van der Waals surface area contributed by atoms with Crippen LogP contribution in [-0.4, -0.2) is 45.7 Å². The molecule has 0 radical (unpaired) electrons. The Morgan fingerprint density at radius 3 is 2.40 bits per heavy atom. The van der Waals surface area contributed by atoms with Crippen molar-refractivity contribution < 1.29 is 13.2 Å². The van der Waals surface area contributed by atoms with E-state index in [1.807, 2.05) is 0 Å². The Balaban J connectivity index is 2.17. The summed E-state index contributed by atoms with van der Waals surface area (Å²) in [5.41, 5.74) is 0.210. The third-order valence-electron chi connectivity index (χ3n) is 2.73. The highest BCUT2D eigenvalue weighted by Crippen LogP contribution is 2.24. The number of ether oxygens (including phenoxy) is 1. The third kappa shape index (κ3) is 3.74. The minimum Gasteiger partial charge on any atom is -0.380 e. The Morgan fingerprint density at radius 2 is 2.00 bits per heavy atom. The predicted molar refractivity (Wildman–Crippen MR) is 60.7 cm³/mol. The van der Waals surface area contributed by atoms with Crippen LogP contribution in [0.25, 0.3) is 0 Å². The second kappa shape index (κ2) is 4.80. The summed E-state index contributed by atoms with van der Waals surface area (Å²) in [7, 11) is -2.90. The molecule has 0 aromatic rings. The SMILES string of the molecule is CC(C)S(=O)(=O)CCNCC1(C)COC1. The minimum absolute atomic E-state index is 0.210. The Kier molecular flexibility index (Phi) is 4.14. The zero-order chi connectivity index (χ0) is 11.5. The molecule has 0 aromatic heterocycles. The molecule has 0 amide bonds. The molecule has 4 nitrogen and oxygen atoms in total. The molecule has 0 aromatic carbocycles. The van der Waals surface area contributed by atoms with Crippen LogP contribution in [0, 0.1) is 5.41 Å². The molecule has 1 rings (SSSR count). The summed E-state index contributed by atoms with van der Waals surface area (Å²) in [6.45, 7) is 8.50. The Morgan fingerprint density at radius 1 is 1.40 bits per heavy atom. The van der Waals surface area contributed by atoms with Crippen LogP contribution in [0.5, 0.6) is 0 Å². The molecule has 90 valence electrons. The summed E-state index contributed by atoms with van der Waals surface area (Å²) >= 11 is 0. The van der Waals surface area contributed by atoms with Gasteiger partial charge in [-0.3, -0.25) is 0 Å². The fourth-order valence-electron chi connectivity index (χ4n) is 1.39. The fourth-order valence-corrected chi connectivity index (χ4v) is 2.29. The normalized spacial score (nSPS) is 20.3. The summed E-state index contributed by atoms with van der Waals surface area (Å²) in [6, 6.07) is 0. The van der Waals surface area contributed by atoms with Crippen molar-refractivity contribution in [1.82, 2.24) is 5.32 Å². The van der Waals surface area contributed by atoms with Gasteiger partial charge in [-0.25, -0.2) is 8.42 Å². The summed E-state index contributed by atoms with van der Waals surface area (Å²) in [4.78, 5) is 0. The second-order valence-electron chi connectivity index (χ2n) is 4.90. The monoisotopic (exact) mass is 235 g/mol. The van der Waals surface area contributed by atoms with Crippen LogP contribution >= 0.6 is 0 Å². The van der Waals surface area contributed by atoms with Gasteiger partial charge in [0.15, 0.2) is 9.84 Å². The van der Waals surface area contributed by atoms with Crippen LogP contribution in [0.15, 0.2) is 0 Å². The van der Waals surface area contributed by atoms with Gasteiger partial charge in [0.1, 0.15) is 0 Å². The van der Waals surface area contributed by atoms with Gasteiger partial charge >= 0.3 is 0 Å². The molecular formula is C10H21NO3S. The van der Waals surface area contributed by atoms with E-state index in [9.17, 15) is 8.42 Å². The van der Waals surface area contributed by atoms with Crippen LogP contribution < -0.4 is 5.32 Å². The molecule has 1 N–H and O–H groups in total. The fraction of sp³-hybridized carbons (Fsp3) is 1.00. The highest BCUT2D eigenvalue weighted by atomic mass is 32.2. The van der Waals surface area contributed by atoms with E-state index in [-0.39, 0.29) is 16.4 Å². The molecule has 1 aliphatic heterocycles. The summed E-state index contributed by atoms with van der Waals surface area (Å²) < 4.78 is 28.1. The van der Waals surface area contributed by atoms with E-state index in [0.717, 1.165) is 19.8 Å². The van der Waals surface area contributed by atoms with Gasteiger partial charge in [0.05, 0.1) is 24.2 Å². The van der Waals surface area contributed by atoms with Gasteiger partial charge in [0.2, 0.25) is 0 Å². The topological polar surface area (TPSA) is 55.4 Å². The van der Waals surface area contributed by atoms with Gasteiger partial charge in [0, 0.05) is 18.5 Å². The highest BCUT2D eigenvalue weighted by Gasteiger charge is 2.32. The Bertz CT molecular complexity index is 294. The van der Waals surface area contributed by atoms with Gasteiger partial charge in [-0.15, -0.1) is 0 Å². The maximum absolute atomic E-state index is 11.5. The maximum atomic E-state index is 11.5. The maximum Gasteiger partial charge on any atom is 0.153 e. The molecule has 1 aliphatic rings. The summed E-state index contributed by atoms with van der Waals surface area (Å²) in [6.07, 6.45) is 0. The zero-order valence-electron chi connectivity index (χ0n) is 9.75. The van der Waals surface area contributed by atoms with E-state index in [4.69, 9.17) is 4.74 Å². The first-order chi connectivity index (χ1) is 6.86. The zero-order valence-corrected chi connectivity index (χ0v) is 10.6. The average molecular weight is 235 g/mol. The number of hydrogen-bond donors (Lipinski definition) is 1. The molecule has 1 heterocycles. The minimum atomic E-state index is -2.90. The van der Waals surface area contributed by atoms with Gasteiger partial charge < -0.3 is 10.1 Å². The van der Waals surface area contributed by atoms with Crippen LogP contribution in [-0.2, 0) is 14.6 Å². The van der Waals surface area contributed by atoms with Gasteiger partial charge in [-0.1, -0.05) is 6.92 Å². The van der Waals surface area contributed by atoms with Crippen molar-refractivity contribution in [3.05, 3.63) is 0 Å². The van der Waals surface area contributed by atoms with Crippen LogP contribution in [0.1, 0.15) is 20.8 Å². The van der Waals surface area contributed by atoms with Crippen LogP contribution in [0.2, 0.25) is 0 Å². The molecule has 0 bridgehead atoms. The van der Waals surface area contributed by atoms with Crippen molar-refractivity contribution in [2.24, 2.45) is 5.41 Å². The quantitative estimate of drug-likeness (QED) is 0.679. The lowest BCUT2D eigenvalue weighted by Crippen LogP contribution is -2.48. The second-order valence-corrected chi connectivity index (χ2v) is 7.57. The lowest BCUT2D eigenvalue weighted by molar-refractivity contribution is -0.0987. The van der Waals surface area contributed by atoms with Crippen molar-refractivity contribution in [3.63, 3.8) is 0 Å². The first-order valence-electron chi connectivity index (χ1n) is 5.36. The lowest BCUT2D eigenvalue weighted by Gasteiger charge is -2.38. The van der Waals surface area contributed by atoms with E-state index in [1.165, 1.54) is 0 Å². The largest absolute Gasteiger partial charge is 0.380 e. The average Bonchev–Trinajstić information content (AvgIpc) is 2.09. The first-order valence-corrected chi connectivity index (χ1v) is 7.07. The van der Waals surface area contributed by atoms with Crippen molar-refractivity contribution in [3.8, 4) is 0 Å². The van der Waals surface area contributed by atoms with Gasteiger partial charge in [-0.2, -0.15) is 0 Å². The molecule has 0 unspecified atom stereocenters. The molecule has 5 heteroatoms. The number of rotatable bonds is 6. The number of nitrogens with one attached hydrogen (secondary N) is 1. The molecule has 0 saturated carbocycles. The molecular weight excluding hydrogens is 214 g/mol. The van der Waals surface area contributed by atoms with E-state index >= 15 is 0 Å². The van der Waals surface area contributed by atoms with E-state index < -0.39 is 9.84 Å². The molecule has 1 fully saturated rings. The summed E-state index contributed by atoms with van der Waals surface area (Å²) in [5.74, 6) is 0.224. The van der Waals surface area contributed by atoms with E-state index in [0.29, 0.717) is 6.54 Å². The number of hydrogen-bond acceptors (Lipinski definition) is 4. The van der Waals surface area contributed by atoms with Crippen molar-refractivity contribution in [2.45, 2.75) is 26.0 Å².